The molecule has 1 fully saturated rings. The van der Waals surface area contributed by atoms with Gasteiger partial charge in [0.25, 0.3) is 0 Å². The Bertz CT molecular complexity index is 976. The van der Waals surface area contributed by atoms with Crippen LogP contribution >= 0.6 is 0 Å². The van der Waals surface area contributed by atoms with Crippen molar-refractivity contribution in [2.24, 2.45) is 0 Å². The summed E-state index contributed by atoms with van der Waals surface area (Å²) in [5, 5.41) is 15.9. The van der Waals surface area contributed by atoms with Crippen molar-refractivity contribution < 1.29 is 14.6 Å². The van der Waals surface area contributed by atoms with Crippen molar-refractivity contribution in [1.29, 1.82) is 0 Å². The minimum atomic E-state index is -0.338. The number of ether oxygens (including phenoxy) is 1. The molecule has 0 bridgehead atoms. The lowest BCUT2D eigenvalue weighted by Crippen LogP contribution is -2.46. The number of para-hydroxylation sites is 2. The average Bonchev–Trinajstić information content (AvgIpc) is 3.22. The highest BCUT2D eigenvalue weighted by Crippen LogP contribution is 2.31. The van der Waals surface area contributed by atoms with Crippen molar-refractivity contribution in [1.82, 2.24) is 20.6 Å². The molecule has 1 aromatic heterocycles. The Labute approximate surface area is 182 Å². The number of urea groups is 1. The number of H-pyrrole nitrogens is 1. The zero-order valence-electron chi connectivity index (χ0n) is 18.0. The molecule has 0 spiro atoms. The van der Waals surface area contributed by atoms with E-state index in [2.05, 4.69) is 22.5 Å². The largest absolute Gasteiger partial charge is 0.497 e. The Kier molecular flexibility index (Phi) is 6.42. The lowest BCUT2D eigenvalue weighted by atomic mass is 9.92. The molecule has 7 nitrogen and oxygen atoms in total. The number of carbonyl (C=O) groups excluding carboxylic acids is 1. The number of methoxy groups -OCH3 is 1. The maximum atomic E-state index is 12.9. The van der Waals surface area contributed by atoms with E-state index in [1.54, 1.807) is 7.11 Å². The molecule has 2 amide bonds. The van der Waals surface area contributed by atoms with Crippen LogP contribution in [0.4, 0.5) is 4.79 Å². The number of fused-ring (bicyclic) bond motifs is 1. The highest BCUT2D eigenvalue weighted by molar-refractivity contribution is 5.77. The maximum Gasteiger partial charge on any atom is 0.315 e. The van der Waals surface area contributed by atoms with Crippen LogP contribution in [0.3, 0.4) is 0 Å². The zero-order valence-corrected chi connectivity index (χ0v) is 18.0. The number of aromatic amines is 1. The Hall–Kier alpha value is -3.06. The van der Waals surface area contributed by atoms with E-state index in [0.29, 0.717) is 0 Å². The molecule has 1 heterocycles. The van der Waals surface area contributed by atoms with Crippen LogP contribution in [0.1, 0.15) is 56.0 Å². The van der Waals surface area contributed by atoms with Crippen LogP contribution in [0.2, 0.25) is 0 Å². The second-order valence-corrected chi connectivity index (χ2v) is 8.30. The Balaban J connectivity index is 1.56. The molecule has 2 aromatic carbocycles. The molecule has 1 aliphatic carbocycles. The second-order valence-electron chi connectivity index (χ2n) is 8.30. The number of aliphatic hydroxyl groups excluding tert-OH is 1. The first-order chi connectivity index (χ1) is 15.0. The standard InChI is InChI=1S/C24H30N4O3/c1-15(16-7-13-19(31-2)14-8-16)22(23-26-20-5-3-4-6-21(20)27-23)28-24(30)25-17-9-11-18(29)12-10-17/h3-8,13-15,17-18,22,29H,9-12H2,1-2H3,(H,26,27)(H2,25,28,30)/t15-,17-,18-,22+/m1/s1. The number of nitrogens with zero attached hydrogens (tertiary/aromatic N) is 1. The topological polar surface area (TPSA) is 99.3 Å². The molecule has 0 saturated heterocycles. The average molecular weight is 423 g/mol. The van der Waals surface area contributed by atoms with E-state index in [4.69, 9.17) is 9.72 Å². The molecule has 4 N–H and O–H groups in total. The minimum Gasteiger partial charge on any atom is -0.497 e. The third-order valence-corrected chi connectivity index (χ3v) is 6.16. The lowest BCUT2D eigenvalue weighted by Gasteiger charge is -2.29. The van der Waals surface area contributed by atoms with Gasteiger partial charge < -0.3 is 25.5 Å². The number of nitrogens with one attached hydrogen (secondary N) is 3. The van der Waals surface area contributed by atoms with E-state index in [0.717, 1.165) is 53.9 Å². The van der Waals surface area contributed by atoms with E-state index in [-0.39, 0.29) is 30.1 Å². The van der Waals surface area contributed by atoms with Crippen LogP contribution in [0.25, 0.3) is 11.0 Å². The van der Waals surface area contributed by atoms with Gasteiger partial charge in [-0.2, -0.15) is 0 Å². The summed E-state index contributed by atoms with van der Waals surface area (Å²) in [6.45, 7) is 2.08. The van der Waals surface area contributed by atoms with Gasteiger partial charge in [-0.3, -0.25) is 0 Å². The first kappa shape index (κ1) is 21.2. The zero-order chi connectivity index (χ0) is 21.8. The Morgan fingerprint density at radius 2 is 1.84 bits per heavy atom. The molecule has 0 unspecified atom stereocenters. The monoisotopic (exact) mass is 422 g/mol. The fourth-order valence-electron chi connectivity index (χ4n) is 4.24. The number of hydrogen-bond donors (Lipinski definition) is 4. The van der Waals surface area contributed by atoms with E-state index in [1.807, 2.05) is 48.5 Å². The highest BCUT2D eigenvalue weighted by atomic mass is 16.5. The minimum absolute atomic E-state index is 0.0228. The smallest absolute Gasteiger partial charge is 0.315 e. The number of amides is 2. The summed E-state index contributed by atoms with van der Waals surface area (Å²) >= 11 is 0. The summed E-state index contributed by atoms with van der Waals surface area (Å²) in [6.07, 6.45) is 2.77. The van der Waals surface area contributed by atoms with Crippen molar-refractivity contribution >= 4 is 17.1 Å². The van der Waals surface area contributed by atoms with Crippen molar-refractivity contribution in [2.75, 3.05) is 7.11 Å². The SMILES string of the molecule is COc1ccc([C@@H](C)[C@H](NC(=O)N[C@H]2CC[C@H](O)CC2)c2nc3ccccc3[nH]2)cc1. The fourth-order valence-corrected chi connectivity index (χ4v) is 4.24. The van der Waals surface area contributed by atoms with Crippen molar-refractivity contribution in [3.05, 3.63) is 59.9 Å². The van der Waals surface area contributed by atoms with E-state index >= 15 is 0 Å². The van der Waals surface area contributed by atoms with Crippen molar-refractivity contribution in [3.63, 3.8) is 0 Å². The number of carbonyl (C=O) groups is 1. The van der Waals surface area contributed by atoms with E-state index in [1.165, 1.54) is 0 Å². The summed E-state index contributed by atoms with van der Waals surface area (Å²) in [5.41, 5.74) is 2.88. The summed E-state index contributed by atoms with van der Waals surface area (Å²) in [6, 6.07) is 15.3. The van der Waals surface area contributed by atoms with Crippen LogP contribution in [0.15, 0.2) is 48.5 Å². The molecule has 4 rings (SSSR count). The lowest BCUT2D eigenvalue weighted by molar-refractivity contribution is 0.117. The van der Waals surface area contributed by atoms with E-state index in [9.17, 15) is 9.90 Å². The Morgan fingerprint density at radius 3 is 2.52 bits per heavy atom. The van der Waals surface area contributed by atoms with Crippen LogP contribution in [-0.2, 0) is 0 Å². The number of rotatable bonds is 6. The van der Waals surface area contributed by atoms with Crippen LogP contribution in [0, 0.1) is 0 Å². The summed E-state index contributed by atoms with van der Waals surface area (Å²) in [7, 11) is 1.64. The van der Waals surface area contributed by atoms with Crippen LogP contribution < -0.4 is 15.4 Å². The first-order valence-corrected chi connectivity index (χ1v) is 10.9. The quantitative estimate of drug-likeness (QED) is 0.482. The molecular weight excluding hydrogens is 392 g/mol. The van der Waals surface area contributed by atoms with Crippen LogP contribution in [0.5, 0.6) is 5.75 Å². The summed E-state index contributed by atoms with van der Waals surface area (Å²) < 4.78 is 5.27. The van der Waals surface area contributed by atoms with Gasteiger partial charge in [-0.05, 0) is 55.5 Å². The first-order valence-electron chi connectivity index (χ1n) is 10.9. The van der Waals surface area contributed by atoms with Crippen LogP contribution in [-0.4, -0.2) is 40.4 Å². The van der Waals surface area contributed by atoms with E-state index < -0.39 is 0 Å². The van der Waals surface area contributed by atoms with Gasteiger partial charge in [-0.15, -0.1) is 0 Å². The van der Waals surface area contributed by atoms with Gasteiger partial charge in [0, 0.05) is 12.0 Å². The third-order valence-electron chi connectivity index (χ3n) is 6.16. The predicted octanol–water partition coefficient (Wildman–Crippen LogP) is 4.02. The molecule has 164 valence electrons. The molecule has 0 aliphatic heterocycles. The number of hydrogen-bond acceptors (Lipinski definition) is 4. The van der Waals surface area contributed by atoms with Crippen molar-refractivity contribution in [3.8, 4) is 5.75 Å². The van der Waals surface area contributed by atoms with Gasteiger partial charge in [0.05, 0.1) is 30.3 Å². The number of imidazole rings is 1. The van der Waals surface area contributed by atoms with Gasteiger partial charge in [0.2, 0.25) is 0 Å². The number of benzene rings is 2. The molecule has 1 saturated carbocycles. The molecule has 0 radical (unpaired) electrons. The van der Waals surface area contributed by atoms with Gasteiger partial charge in [-0.1, -0.05) is 31.2 Å². The Morgan fingerprint density at radius 1 is 1.13 bits per heavy atom. The third kappa shape index (κ3) is 4.99. The molecular formula is C24H30N4O3. The van der Waals surface area contributed by atoms with Gasteiger partial charge in [0.15, 0.2) is 0 Å². The molecule has 7 heteroatoms. The molecule has 1 aliphatic rings. The number of aliphatic hydroxyl groups is 1. The maximum absolute atomic E-state index is 12.9. The summed E-state index contributed by atoms with van der Waals surface area (Å²) in [5.74, 6) is 1.49. The fraction of sp³-hybridized carbons (Fsp3) is 0.417. The second kappa shape index (κ2) is 9.39. The van der Waals surface area contributed by atoms with Gasteiger partial charge >= 0.3 is 6.03 Å². The predicted molar refractivity (Wildman–Crippen MR) is 120 cm³/mol. The normalized spacial score (nSPS) is 20.7. The number of aromatic nitrogens is 2. The molecule has 31 heavy (non-hydrogen) atoms. The highest BCUT2D eigenvalue weighted by Gasteiger charge is 2.28. The van der Waals surface area contributed by atoms with Gasteiger partial charge in [-0.25, -0.2) is 9.78 Å². The molecule has 2 atom stereocenters. The van der Waals surface area contributed by atoms with Crippen molar-refractivity contribution in [2.45, 2.75) is 56.7 Å². The molecule has 3 aromatic rings. The van der Waals surface area contributed by atoms with Gasteiger partial charge in [0.1, 0.15) is 11.6 Å². The summed E-state index contributed by atoms with van der Waals surface area (Å²) in [4.78, 5) is 21.0.